The first kappa shape index (κ1) is 10.5. The molecule has 3 nitrogen and oxygen atoms in total. The van der Waals surface area contributed by atoms with Gasteiger partial charge in [0, 0.05) is 5.54 Å². The summed E-state index contributed by atoms with van der Waals surface area (Å²) in [6.07, 6.45) is 1.79. The third-order valence-corrected chi connectivity index (χ3v) is 2.47. The first-order chi connectivity index (χ1) is 6.05. The fourth-order valence-corrected chi connectivity index (χ4v) is 1.84. The van der Waals surface area contributed by atoms with Gasteiger partial charge in [0.15, 0.2) is 0 Å². The van der Waals surface area contributed by atoms with Gasteiger partial charge in [-0.1, -0.05) is 0 Å². The molecule has 0 aromatic heterocycles. The van der Waals surface area contributed by atoms with Crippen molar-refractivity contribution in [3.63, 3.8) is 0 Å². The Kier molecular flexibility index (Phi) is 3.31. The molecule has 1 aliphatic rings. The lowest BCUT2D eigenvalue weighted by molar-refractivity contribution is -0.149. The van der Waals surface area contributed by atoms with Crippen molar-refractivity contribution in [3.05, 3.63) is 0 Å². The van der Waals surface area contributed by atoms with Crippen LogP contribution in [-0.2, 0) is 9.53 Å². The van der Waals surface area contributed by atoms with Gasteiger partial charge in [0.1, 0.15) is 0 Å². The SMILES string of the molecule is CCOC(=O)C1CCNC(C)(C)C1. The average Bonchev–Trinajstić information content (AvgIpc) is 2.03. The minimum atomic E-state index is -0.0305. The van der Waals surface area contributed by atoms with Gasteiger partial charge in [-0.2, -0.15) is 0 Å². The van der Waals surface area contributed by atoms with E-state index in [1.165, 1.54) is 0 Å². The molecule has 1 aliphatic heterocycles. The Morgan fingerprint density at radius 2 is 2.31 bits per heavy atom. The molecule has 0 amide bonds. The summed E-state index contributed by atoms with van der Waals surface area (Å²) in [6.45, 7) is 7.50. The van der Waals surface area contributed by atoms with Crippen LogP contribution in [0.2, 0.25) is 0 Å². The van der Waals surface area contributed by atoms with E-state index in [1.807, 2.05) is 6.92 Å². The molecule has 0 aliphatic carbocycles. The maximum atomic E-state index is 11.4. The van der Waals surface area contributed by atoms with E-state index in [9.17, 15) is 4.79 Å². The first-order valence-corrected chi connectivity index (χ1v) is 4.97. The Morgan fingerprint density at radius 1 is 1.62 bits per heavy atom. The number of hydrogen-bond acceptors (Lipinski definition) is 3. The lowest BCUT2D eigenvalue weighted by Crippen LogP contribution is -2.48. The van der Waals surface area contributed by atoms with E-state index in [0.717, 1.165) is 19.4 Å². The van der Waals surface area contributed by atoms with Crippen LogP contribution >= 0.6 is 0 Å². The lowest BCUT2D eigenvalue weighted by atomic mass is 9.85. The van der Waals surface area contributed by atoms with Crippen molar-refractivity contribution in [2.24, 2.45) is 5.92 Å². The molecule has 1 heterocycles. The standard InChI is InChI=1S/C10H19NO2/c1-4-13-9(12)8-5-6-11-10(2,3)7-8/h8,11H,4-7H2,1-3H3. The Hall–Kier alpha value is -0.570. The molecule has 0 aromatic carbocycles. The van der Waals surface area contributed by atoms with Crippen LogP contribution in [0.3, 0.4) is 0 Å². The van der Waals surface area contributed by atoms with Gasteiger partial charge in [0.2, 0.25) is 0 Å². The zero-order valence-electron chi connectivity index (χ0n) is 8.72. The predicted octanol–water partition coefficient (Wildman–Crippen LogP) is 1.33. The van der Waals surface area contributed by atoms with Crippen molar-refractivity contribution in [3.8, 4) is 0 Å². The number of ether oxygens (including phenoxy) is 1. The predicted molar refractivity (Wildman–Crippen MR) is 51.4 cm³/mol. The average molecular weight is 185 g/mol. The second kappa shape index (κ2) is 4.09. The molecule has 1 N–H and O–H groups in total. The summed E-state index contributed by atoms with van der Waals surface area (Å²) in [7, 11) is 0. The van der Waals surface area contributed by atoms with Gasteiger partial charge >= 0.3 is 5.97 Å². The van der Waals surface area contributed by atoms with Gasteiger partial charge in [0.05, 0.1) is 12.5 Å². The molecular weight excluding hydrogens is 166 g/mol. The highest BCUT2D eigenvalue weighted by atomic mass is 16.5. The van der Waals surface area contributed by atoms with Crippen LogP contribution in [0.4, 0.5) is 0 Å². The summed E-state index contributed by atoms with van der Waals surface area (Å²) in [5, 5.41) is 3.38. The Morgan fingerprint density at radius 3 is 2.85 bits per heavy atom. The number of piperidine rings is 1. The van der Waals surface area contributed by atoms with Crippen molar-refractivity contribution in [2.75, 3.05) is 13.2 Å². The maximum Gasteiger partial charge on any atom is 0.309 e. The zero-order chi connectivity index (χ0) is 9.90. The van der Waals surface area contributed by atoms with E-state index < -0.39 is 0 Å². The summed E-state index contributed by atoms with van der Waals surface area (Å²) in [6, 6.07) is 0. The van der Waals surface area contributed by atoms with Crippen LogP contribution < -0.4 is 5.32 Å². The van der Waals surface area contributed by atoms with Crippen molar-refractivity contribution in [1.82, 2.24) is 5.32 Å². The van der Waals surface area contributed by atoms with Crippen LogP contribution in [0.25, 0.3) is 0 Å². The minimum Gasteiger partial charge on any atom is -0.466 e. The Balaban J connectivity index is 2.47. The minimum absolute atomic E-state index is 0.0305. The second-order valence-electron chi connectivity index (χ2n) is 4.25. The van der Waals surface area contributed by atoms with Crippen molar-refractivity contribution in [2.45, 2.75) is 39.2 Å². The summed E-state index contributed by atoms with van der Waals surface area (Å²) in [5.74, 6) is 0.0632. The molecule has 1 fully saturated rings. The second-order valence-corrected chi connectivity index (χ2v) is 4.25. The summed E-state index contributed by atoms with van der Waals surface area (Å²) in [5.41, 5.74) is 0.0790. The van der Waals surface area contributed by atoms with Gasteiger partial charge < -0.3 is 10.1 Å². The largest absolute Gasteiger partial charge is 0.466 e. The fourth-order valence-electron chi connectivity index (χ4n) is 1.84. The van der Waals surface area contributed by atoms with E-state index in [1.54, 1.807) is 0 Å². The maximum absolute atomic E-state index is 11.4. The van der Waals surface area contributed by atoms with E-state index in [-0.39, 0.29) is 17.4 Å². The molecule has 1 saturated heterocycles. The summed E-state index contributed by atoms with van der Waals surface area (Å²) in [4.78, 5) is 11.4. The van der Waals surface area contributed by atoms with Crippen LogP contribution in [0.15, 0.2) is 0 Å². The highest BCUT2D eigenvalue weighted by Gasteiger charge is 2.32. The Labute approximate surface area is 79.8 Å². The van der Waals surface area contributed by atoms with Crippen LogP contribution in [0, 0.1) is 5.92 Å². The van der Waals surface area contributed by atoms with E-state index in [0.29, 0.717) is 6.61 Å². The Bertz CT molecular complexity index is 189. The normalized spacial score (nSPS) is 26.8. The molecule has 1 atom stereocenters. The quantitative estimate of drug-likeness (QED) is 0.659. The molecule has 0 radical (unpaired) electrons. The highest BCUT2D eigenvalue weighted by Crippen LogP contribution is 2.24. The van der Waals surface area contributed by atoms with Gasteiger partial charge in [-0.15, -0.1) is 0 Å². The monoisotopic (exact) mass is 185 g/mol. The van der Waals surface area contributed by atoms with Crippen molar-refractivity contribution >= 4 is 5.97 Å². The molecule has 13 heavy (non-hydrogen) atoms. The molecule has 1 unspecified atom stereocenters. The van der Waals surface area contributed by atoms with Crippen LogP contribution in [-0.4, -0.2) is 24.7 Å². The number of rotatable bonds is 2. The zero-order valence-corrected chi connectivity index (χ0v) is 8.72. The fraction of sp³-hybridized carbons (Fsp3) is 0.900. The third kappa shape index (κ3) is 2.99. The van der Waals surface area contributed by atoms with E-state index in [2.05, 4.69) is 19.2 Å². The molecule has 0 spiro atoms. The summed E-state index contributed by atoms with van der Waals surface area (Å²) < 4.78 is 5.01. The topological polar surface area (TPSA) is 38.3 Å². The smallest absolute Gasteiger partial charge is 0.309 e. The third-order valence-electron chi connectivity index (χ3n) is 2.47. The van der Waals surface area contributed by atoms with Gasteiger partial charge in [-0.25, -0.2) is 0 Å². The molecule has 0 aromatic rings. The number of hydrogen-bond donors (Lipinski definition) is 1. The number of esters is 1. The number of carbonyl (C=O) groups excluding carboxylic acids is 1. The van der Waals surface area contributed by atoms with Crippen LogP contribution in [0.1, 0.15) is 33.6 Å². The van der Waals surface area contributed by atoms with Gasteiger partial charge in [-0.3, -0.25) is 4.79 Å². The van der Waals surface area contributed by atoms with Crippen LogP contribution in [0.5, 0.6) is 0 Å². The highest BCUT2D eigenvalue weighted by molar-refractivity contribution is 5.72. The van der Waals surface area contributed by atoms with Crippen molar-refractivity contribution < 1.29 is 9.53 Å². The van der Waals surface area contributed by atoms with Crippen molar-refractivity contribution in [1.29, 1.82) is 0 Å². The van der Waals surface area contributed by atoms with E-state index >= 15 is 0 Å². The molecule has 0 saturated carbocycles. The first-order valence-electron chi connectivity index (χ1n) is 4.97. The number of nitrogens with one attached hydrogen (secondary N) is 1. The van der Waals surface area contributed by atoms with E-state index in [4.69, 9.17) is 4.74 Å². The molecule has 1 rings (SSSR count). The number of carbonyl (C=O) groups is 1. The molecule has 0 bridgehead atoms. The molecular formula is C10H19NO2. The molecule has 76 valence electrons. The van der Waals surface area contributed by atoms with Gasteiger partial charge in [0.25, 0.3) is 0 Å². The lowest BCUT2D eigenvalue weighted by Gasteiger charge is -2.35. The molecule has 3 heteroatoms. The van der Waals surface area contributed by atoms with Gasteiger partial charge in [-0.05, 0) is 40.2 Å². The summed E-state index contributed by atoms with van der Waals surface area (Å²) >= 11 is 0.